The van der Waals surface area contributed by atoms with Crippen molar-refractivity contribution in [2.45, 2.75) is 26.8 Å². The molecule has 1 aromatic heterocycles. The van der Waals surface area contributed by atoms with Gasteiger partial charge in [0.05, 0.1) is 5.69 Å². The van der Waals surface area contributed by atoms with E-state index in [0.29, 0.717) is 5.69 Å². The van der Waals surface area contributed by atoms with Crippen LogP contribution < -0.4 is 5.32 Å². The fourth-order valence-electron chi connectivity index (χ4n) is 2.00. The minimum atomic E-state index is -0.235. The normalized spacial score (nSPS) is 12.5. The molecule has 0 amide bonds. The van der Waals surface area contributed by atoms with Crippen LogP contribution >= 0.6 is 27.3 Å². The molecule has 96 valence electrons. The summed E-state index contributed by atoms with van der Waals surface area (Å²) in [7, 11) is 0. The van der Waals surface area contributed by atoms with Crippen LogP contribution in [-0.2, 0) is 0 Å². The maximum absolute atomic E-state index is 13.7. The van der Waals surface area contributed by atoms with Crippen molar-refractivity contribution in [2.24, 2.45) is 0 Å². The molecule has 0 spiro atoms. The van der Waals surface area contributed by atoms with Crippen molar-refractivity contribution in [3.63, 3.8) is 0 Å². The first-order valence-corrected chi connectivity index (χ1v) is 7.37. The number of rotatable bonds is 3. The van der Waals surface area contributed by atoms with Crippen molar-refractivity contribution in [1.82, 2.24) is 0 Å². The van der Waals surface area contributed by atoms with Gasteiger partial charge in [0.2, 0.25) is 0 Å². The first kappa shape index (κ1) is 13.6. The molecule has 0 aliphatic rings. The molecule has 4 heteroatoms. The maximum atomic E-state index is 13.7. The second-order valence-corrected chi connectivity index (χ2v) is 6.73. The van der Waals surface area contributed by atoms with E-state index in [1.165, 1.54) is 21.4 Å². The van der Waals surface area contributed by atoms with Crippen LogP contribution in [0.15, 0.2) is 28.7 Å². The highest BCUT2D eigenvalue weighted by Crippen LogP contribution is 2.29. The molecule has 1 nitrogen and oxygen atoms in total. The van der Waals surface area contributed by atoms with Gasteiger partial charge in [0.1, 0.15) is 5.82 Å². The van der Waals surface area contributed by atoms with Crippen LogP contribution in [0.4, 0.5) is 10.1 Å². The Balaban J connectivity index is 2.21. The predicted octanol–water partition coefficient (Wildman–Crippen LogP) is 5.44. The zero-order chi connectivity index (χ0) is 13.3. The van der Waals surface area contributed by atoms with Gasteiger partial charge in [-0.1, -0.05) is 15.9 Å². The van der Waals surface area contributed by atoms with Crippen molar-refractivity contribution < 1.29 is 4.39 Å². The number of hydrogen-bond donors (Lipinski definition) is 1. The Bertz CT molecular complexity index is 565. The summed E-state index contributed by atoms with van der Waals surface area (Å²) in [6.07, 6.45) is 0. The molecule has 0 aliphatic heterocycles. The summed E-state index contributed by atoms with van der Waals surface area (Å²) in [5, 5.41) is 3.22. The standard InChI is InChI=1S/C14H15BrFNS/c1-8-6-12(10(3)18-8)9(2)17-14-5-4-11(15)7-13(14)16/h4-7,9,17H,1-3H3. The zero-order valence-electron chi connectivity index (χ0n) is 10.6. The lowest BCUT2D eigenvalue weighted by atomic mass is 10.1. The van der Waals surface area contributed by atoms with Gasteiger partial charge in [-0.2, -0.15) is 0 Å². The molecular weight excluding hydrogens is 313 g/mol. The van der Waals surface area contributed by atoms with Crippen LogP contribution in [0.25, 0.3) is 0 Å². The average molecular weight is 328 g/mol. The minimum Gasteiger partial charge on any atom is -0.376 e. The average Bonchev–Trinajstić information content (AvgIpc) is 2.62. The zero-order valence-corrected chi connectivity index (χ0v) is 13.0. The largest absolute Gasteiger partial charge is 0.376 e. The summed E-state index contributed by atoms with van der Waals surface area (Å²) in [6.45, 7) is 6.24. The number of thiophene rings is 1. The van der Waals surface area contributed by atoms with Crippen molar-refractivity contribution >= 4 is 33.0 Å². The molecule has 2 rings (SSSR count). The number of aryl methyl sites for hydroxylation is 2. The predicted molar refractivity (Wildman–Crippen MR) is 79.9 cm³/mol. The first-order valence-electron chi connectivity index (χ1n) is 5.76. The van der Waals surface area contributed by atoms with Crippen molar-refractivity contribution in [3.8, 4) is 0 Å². The SMILES string of the molecule is Cc1cc(C(C)Nc2ccc(Br)cc2F)c(C)s1. The van der Waals surface area contributed by atoms with Crippen molar-refractivity contribution in [1.29, 1.82) is 0 Å². The lowest BCUT2D eigenvalue weighted by Gasteiger charge is -2.16. The summed E-state index contributed by atoms with van der Waals surface area (Å²) >= 11 is 5.03. The summed E-state index contributed by atoms with van der Waals surface area (Å²) in [5.41, 5.74) is 1.77. The Morgan fingerprint density at radius 3 is 2.56 bits per heavy atom. The van der Waals surface area contributed by atoms with Crippen LogP contribution in [0, 0.1) is 19.7 Å². The second-order valence-electron chi connectivity index (χ2n) is 4.36. The molecule has 0 saturated heterocycles. The fraction of sp³-hybridized carbons (Fsp3) is 0.286. The van der Waals surface area contributed by atoms with Crippen LogP contribution in [0.2, 0.25) is 0 Å². The third-order valence-corrected chi connectivity index (χ3v) is 4.32. The van der Waals surface area contributed by atoms with Gasteiger partial charge in [-0.3, -0.25) is 0 Å². The van der Waals surface area contributed by atoms with Gasteiger partial charge in [0.25, 0.3) is 0 Å². The third-order valence-electron chi connectivity index (χ3n) is 2.85. The van der Waals surface area contributed by atoms with Gasteiger partial charge in [-0.05, 0) is 50.6 Å². The number of benzene rings is 1. The van der Waals surface area contributed by atoms with Crippen molar-refractivity contribution in [2.75, 3.05) is 5.32 Å². The third kappa shape index (κ3) is 2.93. The van der Waals surface area contributed by atoms with E-state index in [9.17, 15) is 4.39 Å². The Hall–Kier alpha value is -0.870. The number of nitrogens with one attached hydrogen (secondary N) is 1. The van der Waals surface area contributed by atoms with Crippen LogP contribution in [0.3, 0.4) is 0 Å². The van der Waals surface area contributed by atoms with Crippen LogP contribution in [0.1, 0.15) is 28.3 Å². The molecule has 1 unspecified atom stereocenters. The van der Waals surface area contributed by atoms with E-state index in [1.807, 2.05) is 6.07 Å². The highest BCUT2D eigenvalue weighted by atomic mass is 79.9. The van der Waals surface area contributed by atoms with Crippen molar-refractivity contribution in [3.05, 3.63) is 49.9 Å². The molecular formula is C14H15BrFNS. The molecule has 0 fully saturated rings. The molecule has 0 saturated carbocycles. The van der Waals surface area contributed by atoms with E-state index >= 15 is 0 Å². The van der Waals surface area contributed by atoms with Gasteiger partial charge >= 0.3 is 0 Å². The van der Waals surface area contributed by atoms with E-state index < -0.39 is 0 Å². The quantitative estimate of drug-likeness (QED) is 0.791. The topological polar surface area (TPSA) is 12.0 Å². The van der Waals surface area contributed by atoms with Crippen LogP contribution in [-0.4, -0.2) is 0 Å². The van der Waals surface area contributed by atoms with E-state index in [0.717, 1.165) is 4.47 Å². The van der Waals surface area contributed by atoms with E-state index in [4.69, 9.17) is 0 Å². The first-order chi connectivity index (χ1) is 8.47. The van der Waals surface area contributed by atoms with Gasteiger partial charge < -0.3 is 5.32 Å². The number of halogens is 2. The van der Waals surface area contributed by atoms with Gasteiger partial charge in [0.15, 0.2) is 0 Å². The lowest BCUT2D eigenvalue weighted by Crippen LogP contribution is -2.08. The monoisotopic (exact) mass is 327 g/mol. The summed E-state index contributed by atoms with van der Waals surface area (Å²) in [4.78, 5) is 2.57. The van der Waals surface area contributed by atoms with E-state index in [-0.39, 0.29) is 11.9 Å². The molecule has 1 N–H and O–H groups in total. The maximum Gasteiger partial charge on any atom is 0.147 e. The van der Waals surface area contributed by atoms with E-state index in [1.54, 1.807) is 17.4 Å². The smallest absolute Gasteiger partial charge is 0.147 e. The number of hydrogen-bond acceptors (Lipinski definition) is 2. The molecule has 18 heavy (non-hydrogen) atoms. The lowest BCUT2D eigenvalue weighted by molar-refractivity contribution is 0.626. The summed E-state index contributed by atoms with van der Waals surface area (Å²) < 4.78 is 14.5. The van der Waals surface area contributed by atoms with Gasteiger partial charge in [-0.15, -0.1) is 11.3 Å². The molecule has 2 aromatic rings. The Morgan fingerprint density at radius 2 is 2.00 bits per heavy atom. The minimum absolute atomic E-state index is 0.102. The summed E-state index contributed by atoms with van der Waals surface area (Å²) in [5.74, 6) is -0.235. The highest BCUT2D eigenvalue weighted by molar-refractivity contribution is 9.10. The van der Waals surface area contributed by atoms with Gasteiger partial charge in [0, 0.05) is 20.3 Å². The van der Waals surface area contributed by atoms with Gasteiger partial charge in [-0.25, -0.2) is 4.39 Å². The molecule has 0 radical (unpaired) electrons. The fourth-order valence-corrected chi connectivity index (χ4v) is 3.35. The highest BCUT2D eigenvalue weighted by Gasteiger charge is 2.12. The molecule has 1 aromatic carbocycles. The Kier molecular flexibility index (Phi) is 4.07. The summed E-state index contributed by atoms with van der Waals surface area (Å²) in [6, 6.07) is 7.33. The molecule has 1 heterocycles. The number of anilines is 1. The Morgan fingerprint density at radius 1 is 1.28 bits per heavy atom. The second kappa shape index (κ2) is 5.41. The Labute approximate surface area is 119 Å². The van der Waals surface area contributed by atoms with E-state index in [2.05, 4.69) is 48.1 Å². The molecule has 1 atom stereocenters. The van der Waals surface area contributed by atoms with Crippen LogP contribution in [0.5, 0.6) is 0 Å². The molecule has 0 bridgehead atoms. The molecule has 0 aliphatic carbocycles.